The maximum Gasteiger partial charge on any atom is 0.433 e. The van der Waals surface area contributed by atoms with Crippen molar-refractivity contribution in [1.29, 1.82) is 0 Å². The first-order chi connectivity index (χ1) is 15.6. The Balaban J connectivity index is 1.78. The molecule has 1 atom stereocenters. The number of aromatic nitrogens is 4. The van der Waals surface area contributed by atoms with Crippen LogP contribution in [-0.2, 0) is 11.6 Å². The van der Waals surface area contributed by atoms with E-state index in [2.05, 4.69) is 20.4 Å². The maximum atomic E-state index is 14.2. The largest absolute Gasteiger partial charge is 0.433 e. The van der Waals surface area contributed by atoms with Gasteiger partial charge in [0.2, 0.25) is 0 Å². The van der Waals surface area contributed by atoms with Gasteiger partial charge in [-0.2, -0.15) is 31.4 Å². The van der Waals surface area contributed by atoms with Gasteiger partial charge in [-0.1, -0.05) is 25.4 Å². The number of carbonyl (C=O) groups is 1. The molecule has 1 N–H and O–H groups in total. The van der Waals surface area contributed by atoms with Crippen LogP contribution in [0.2, 0.25) is 5.15 Å². The molecule has 4 heterocycles. The van der Waals surface area contributed by atoms with Crippen LogP contribution in [-0.4, -0.2) is 38.3 Å². The molecule has 7 nitrogen and oxygen atoms in total. The molecule has 1 aliphatic rings. The molecule has 14 heteroatoms. The number of rotatable bonds is 2. The summed E-state index contributed by atoms with van der Waals surface area (Å²) in [4.78, 5) is 21.4. The van der Waals surface area contributed by atoms with Crippen molar-refractivity contribution in [3.63, 3.8) is 0 Å². The zero-order valence-corrected chi connectivity index (χ0v) is 18.6. The van der Waals surface area contributed by atoms with Crippen LogP contribution in [0.25, 0.3) is 5.65 Å². The van der Waals surface area contributed by atoms with Gasteiger partial charge in [0.05, 0.1) is 17.6 Å². The average Bonchev–Trinajstić information content (AvgIpc) is 3.24. The molecule has 1 aliphatic heterocycles. The summed E-state index contributed by atoms with van der Waals surface area (Å²) in [5.74, 6) is -0.402. The maximum absolute atomic E-state index is 14.2. The number of alkyl halides is 6. The lowest BCUT2D eigenvalue weighted by atomic mass is 9.88. The van der Waals surface area contributed by atoms with Crippen LogP contribution in [0.15, 0.2) is 24.4 Å². The lowest BCUT2D eigenvalue weighted by Gasteiger charge is -2.28. The van der Waals surface area contributed by atoms with Crippen molar-refractivity contribution in [1.82, 2.24) is 19.6 Å². The Morgan fingerprint density at radius 3 is 2.44 bits per heavy atom. The number of nitrogens with zero attached hydrogens (tertiary/aromatic N) is 5. The minimum Gasteiger partial charge on any atom is -0.307 e. The third-order valence-electron chi connectivity index (χ3n) is 5.57. The Labute approximate surface area is 193 Å². The fourth-order valence-electron chi connectivity index (χ4n) is 3.75. The van der Waals surface area contributed by atoms with Gasteiger partial charge in [0, 0.05) is 24.0 Å². The number of fused-ring (bicyclic) bond motifs is 3. The first-order valence-corrected chi connectivity index (χ1v) is 10.3. The number of amides is 2. The van der Waals surface area contributed by atoms with E-state index in [1.165, 1.54) is 12.1 Å². The predicted molar refractivity (Wildman–Crippen MR) is 111 cm³/mol. The molecular formula is C20H17ClF6N6O. The van der Waals surface area contributed by atoms with Crippen LogP contribution in [0.3, 0.4) is 0 Å². The minimum absolute atomic E-state index is 0.0482. The van der Waals surface area contributed by atoms with Crippen molar-refractivity contribution >= 4 is 34.7 Å². The molecule has 3 aromatic heterocycles. The average molecular weight is 507 g/mol. The Hall–Kier alpha value is -3.09. The number of hydrogen-bond donors (Lipinski definition) is 1. The van der Waals surface area contributed by atoms with E-state index >= 15 is 0 Å². The Kier molecular flexibility index (Phi) is 5.46. The molecule has 4 rings (SSSR count). The molecule has 0 spiro atoms. The molecule has 2 amide bonds. The van der Waals surface area contributed by atoms with E-state index in [0.29, 0.717) is 6.07 Å². The second kappa shape index (κ2) is 7.72. The first-order valence-electron chi connectivity index (χ1n) is 9.91. The Bertz CT molecular complexity index is 1290. The Morgan fingerprint density at radius 1 is 1.18 bits per heavy atom. The summed E-state index contributed by atoms with van der Waals surface area (Å²) in [6.07, 6.45) is -8.50. The number of carbonyl (C=O) groups excluding carboxylic acids is 1. The second-order valence-electron chi connectivity index (χ2n) is 8.39. The molecule has 0 unspecified atom stereocenters. The number of halogens is 7. The first kappa shape index (κ1) is 24.0. The topological polar surface area (TPSA) is 75.4 Å². The van der Waals surface area contributed by atoms with Crippen molar-refractivity contribution in [2.24, 2.45) is 0 Å². The van der Waals surface area contributed by atoms with Crippen molar-refractivity contribution < 1.29 is 31.1 Å². The predicted octanol–water partition coefficient (Wildman–Crippen LogP) is 5.79. The summed E-state index contributed by atoms with van der Waals surface area (Å²) in [7, 11) is 0. The third-order valence-corrected chi connectivity index (χ3v) is 5.76. The van der Waals surface area contributed by atoms with Crippen LogP contribution in [0.4, 0.5) is 42.5 Å². The molecule has 0 aromatic carbocycles. The third kappa shape index (κ3) is 3.91. The van der Waals surface area contributed by atoms with Gasteiger partial charge in [-0.3, -0.25) is 4.90 Å². The zero-order valence-electron chi connectivity index (χ0n) is 17.9. The highest BCUT2D eigenvalue weighted by atomic mass is 35.5. The highest BCUT2D eigenvalue weighted by molar-refractivity contribution is 6.29. The van der Waals surface area contributed by atoms with E-state index in [-0.39, 0.29) is 33.6 Å². The molecule has 34 heavy (non-hydrogen) atoms. The van der Waals surface area contributed by atoms with E-state index in [4.69, 9.17) is 11.6 Å². The SMILES string of the molecule is CC(C)c1cc(NC(=O)N2C[C@@](C)(C(F)(F)F)c3c2cnc2cc(Cl)nn32)cc(C(F)(F)F)n1. The van der Waals surface area contributed by atoms with Gasteiger partial charge in [0.25, 0.3) is 0 Å². The summed E-state index contributed by atoms with van der Waals surface area (Å²) in [6.45, 7) is 3.29. The van der Waals surface area contributed by atoms with E-state index in [1.807, 2.05) is 0 Å². The summed E-state index contributed by atoms with van der Waals surface area (Å²) in [6, 6.07) is 2.07. The lowest BCUT2D eigenvalue weighted by Crippen LogP contribution is -2.46. The van der Waals surface area contributed by atoms with Crippen molar-refractivity contribution in [3.05, 3.63) is 46.6 Å². The molecule has 0 saturated carbocycles. The van der Waals surface area contributed by atoms with Gasteiger partial charge in [0.15, 0.2) is 10.8 Å². The molecule has 0 aliphatic carbocycles. The van der Waals surface area contributed by atoms with E-state index in [1.54, 1.807) is 13.8 Å². The number of pyridine rings is 1. The quantitative estimate of drug-likeness (QED) is 0.446. The van der Waals surface area contributed by atoms with Crippen molar-refractivity contribution in [2.75, 3.05) is 16.8 Å². The molecular weight excluding hydrogens is 490 g/mol. The van der Waals surface area contributed by atoms with Gasteiger partial charge in [-0.05, 0) is 25.0 Å². The monoisotopic (exact) mass is 506 g/mol. The molecule has 3 aromatic rings. The summed E-state index contributed by atoms with van der Waals surface area (Å²) >= 11 is 5.85. The minimum atomic E-state index is -4.80. The number of hydrogen-bond acceptors (Lipinski definition) is 4. The smallest absolute Gasteiger partial charge is 0.307 e. The van der Waals surface area contributed by atoms with Gasteiger partial charge in [-0.15, -0.1) is 0 Å². The number of anilines is 2. The standard InChI is InChI=1S/C20H17ClF6N6O/c1-9(2)11-4-10(5-13(30-11)19(22,23)24)29-17(34)32-8-18(3,20(25,26)27)16-12(32)7-28-15-6-14(21)31-33(15)16/h4-7,9H,8H2,1-3H3,(H,29,30,34)/t18-/m1/s1. The Morgan fingerprint density at radius 2 is 1.85 bits per heavy atom. The second-order valence-corrected chi connectivity index (χ2v) is 8.78. The van der Waals surface area contributed by atoms with Crippen LogP contribution < -0.4 is 10.2 Å². The summed E-state index contributed by atoms with van der Waals surface area (Å²) < 4.78 is 83.3. The highest BCUT2D eigenvalue weighted by Crippen LogP contribution is 2.50. The fraction of sp³-hybridized carbons (Fsp3) is 0.400. The van der Waals surface area contributed by atoms with Crippen LogP contribution >= 0.6 is 11.6 Å². The normalized spacial score (nSPS) is 18.6. The molecule has 0 bridgehead atoms. The van der Waals surface area contributed by atoms with Crippen LogP contribution in [0.1, 0.15) is 43.8 Å². The van der Waals surface area contributed by atoms with Gasteiger partial charge in [-0.25, -0.2) is 19.3 Å². The summed E-state index contributed by atoms with van der Waals surface area (Å²) in [5, 5.41) is 6.05. The van der Waals surface area contributed by atoms with Crippen LogP contribution in [0.5, 0.6) is 0 Å². The van der Waals surface area contributed by atoms with E-state index in [9.17, 15) is 31.1 Å². The molecule has 0 saturated heterocycles. The van der Waals surface area contributed by atoms with Crippen LogP contribution in [0, 0.1) is 0 Å². The molecule has 182 valence electrons. The number of urea groups is 1. The highest BCUT2D eigenvalue weighted by Gasteiger charge is 2.60. The number of nitrogens with one attached hydrogen (secondary N) is 1. The van der Waals surface area contributed by atoms with E-state index < -0.39 is 42.0 Å². The van der Waals surface area contributed by atoms with Gasteiger partial charge >= 0.3 is 18.4 Å². The lowest BCUT2D eigenvalue weighted by molar-refractivity contribution is -0.181. The molecule has 0 radical (unpaired) electrons. The fourth-order valence-corrected chi connectivity index (χ4v) is 3.92. The van der Waals surface area contributed by atoms with Gasteiger partial charge < -0.3 is 5.32 Å². The zero-order chi connectivity index (χ0) is 25.2. The van der Waals surface area contributed by atoms with Crippen molar-refractivity contribution in [2.45, 2.75) is 44.5 Å². The van der Waals surface area contributed by atoms with Crippen molar-refractivity contribution in [3.8, 4) is 0 Å². The molecule has 0 fully saturated rings. The van der Waals surface area contributed by atoms with E-state index in [0.717, 1.165) is 22.5 Å². The van der Waals surface area contributed by atoms with Gasteiger partial charge in [0.1, 0.15) is 11.1 Å². The summed E-state index contributed by atoms with van der Waals surface area (Å²) in [5.41, 5.74) is -4.48.